The molecule has 2 aromatic carbocycles. The van der Waals surface area contributed by atoms with Crippen molar-refractivity contribution < 1.29 is 14.6 Å². The fraction of sp³-hybridized carbons (Fsp3) is 0.409. The number of nitrogens with zero attached hydrogens (tertiary/aromatic N) is 2. The van der Waals surface area contributed by atoms with Gasteiger partial charge in [-0.1, -0.05) is 35.9 Å². The summed E-state index contributed by atoms with van der Waals surface area (Å²) in [5.41, 5.74) is 1.48. The maximum Gasteiger partial charge on any atom is 0.138 e. The van der Waals surface area contributed by atoms with Gasteiger partial charge in [0.1, 0.15) is 35.8 Å². The zero-order chi connectivity index (χ0) is 19.9. The lowest BCUT2D eigenvalue weighted by Crippen LogP contribution is -2.39. The maximum absolute atomic E-state index is 10.5. The quantitative estimate of drug-likeness (QED) is 0.732. The molecule has 2 aromatic rings. The van der Waals surface area contributed by atoms with E-state index < -0.39 is 6.10 Å². The van der Waals surface area contributed by atoms with Gasteiger partial charge in [0.25, 0.3) is 0 Å². The summed E-state index contributed by atoms with van der Waals surface area (Å²) in [7, 11) is 1.69. The molecule has 0 unspecified atom stereocenters. The highest BCUT2D eigenvalue weighted by molar-refractivity contribution is 6.31. The van der Waals surface area contributed by atoms with Gasteiger partial charge in [-0.3, -0.25) is 4.90 Å². The highest BCUT2D eigenvalue weighted by atomic mass is 35.5. The first-order valence-corrected chi connectivity index (χ1v) is 9.85. The Labute approximate surface area is 171 Å². The Morgan fingerprint density at radius 3 is 2.82 bits per heavy atom. The third kappa shape index (κ3) is 4.96. The molecule has 1 heterocycles. The van der Waals surface area contributed by atoms with Crippen molar-refractivity contribution in [3.05, 3.63) is 58.6 Å². The van der Waals surface area contributed by atoms with E-state index in [4.69, 9.17) is 21.1 Å². The second kappa shape index (κ2) is 9.79. The average Bonchev–Trinajstić information content (AvgIpc) is 3.13. The van der Waals surface area contributed by atoms with Gasteiger partial charge in [-0.25, -0.2) is 0 Å². The first-order chi connectivity index (χ1) is 13.6. The summed E-state index contributed by atoms with van der Waals surface area (Å²) < 4.78 is 11.1. The van der Waals surface area contributed by atoms with Gasteiger partial charge in [-0.15, -0.1) is 0 Å². The molecule has 0 amide bonds. The number of β-amino-alcohol motifs (C(OH)–C–C–N with tert-alkyl or cyclic N) is 1. The number of rotatable bonds is 8. The van der Waals surface area contributed by atoms with Gasteiger partial charge < -0.3 is 14.6 Å². The molecule has 0 aliphatic carbocycles. The lowest BCUT2D eigenvalue weighted by atomic mass is 10.0. The van der Waals surface area contributed by atoms with Crippen LogP contribution in [-0.4, -0.2) is 49.0 Å². The Balaban J connectivity index is 1.57. The number of methoxy groups -OCH3 is 1. The van der Waals surface area contributed by atoms with Gasteiger partial charge >= 0.3 is 0 Å². The van der Waals surface area contributed by atoms with E-state index in [9.17, 15) is 10.4 Å². The summed E-state index contributed by atoms with van der Waals surface area (Å²) in [5.74, 6) is 1.31. The molecule has 1 aliphatic rings. The van der Waals surface area contributed by atoms with Crippen molar-refractivity contribution in [3.8, 4) is 17.6 Å². The summed E-state index contributed by atoms with van der Waals surface area (Å²) in [6.07, 6.45) is 2.45. The van der Waals surface area contributed by atoms with Crippen LogP contribution < -0.4 is 9.47 Å². The summed E-state index contributed by atoms with van der Waals surface area (Å²) in [6, 6.07) is 15.6. The van der Waals surface area contributed by atoms with Crippen LogP contribution in [0.4, 0.5) is 0 Å². The van der Waals surface area contributed by atoms with E-state index in [-0.39, 0.29) is 6.61 Å². The van der Waals surface area contributed by atoms with Crippen LogP contribution in [0, 0.1) is 11.3 Å². The molecule has 1 saturated heterocycles. The van der Waals surface area contributed by atoms with Crippen LogP contribution in [0.2, 0.25) is 5.02 Å². The third-order valence-corrected chi connectivity index (χ3v) is 5.43. The molecule has 148 valence electrons. The largest absolute Gasteiger partial charge is 0.496 e. The molecule has 0 spiro atoms. The van der Waals surface area contributed by atoms with Crippen LogP contribution in [0.25, 0.3) is 0 Å². The van der Waals surface area contributed by atoms with Gasteiger partial charge in [0.2, 0.25) is 0 Å². The Bertz CT molecular complexity index is 837. The molecule has 1 N–H and O–H groups in total. The minimum atomic E-state index is -0.649. The second-order valence-corrected chi connectivity index (χ2v) is 7.40. The van der Waals surface area contributed by atoms with Crippen LogP contribution in [0.15, 0.2) is 42.5 Å². The van der Waals surface area contributed by atoms with Gasteiger partial charge in [-0.2, -0.15) is 5.26 Å². The highest BCUT2D eigenvalue weighted by Gasteiger charge is 2.27. The molecule has 28 heavy (non-hydrogen) atoms. The summed E-state index contributed by atoms with van der Waals surface area (Å²) in [5, 5.41) is 20.1. The van der Waals surface area contributed by atoms with Crippen LogP contribution >= 0.6 is 11.6 Å². The van der Waals surface area contributed by atoms with Gasteiger partial charge in [-0.05, 0) is 49.6 Å². The molecule has 2 atom stereocenters. The summed E-state index contributed by atoms with van der Waals surface area (Å²) in [6.45, 7) is 1.60. The number of hydrogen-bond donors (Lipinski definition) is 1. The predicted molar refractivity (Wildman–Crippen MR) is 109 cm³/mol. The molecule has 5 nitrogen and oxygen atoms in total. The minimum Gasteiger partial charge on any atom is -0.496 e. The van der Waals surface area contributed by atoms with Crippen LogP contribution in [-0.2, 0) is 6.42 Å². The molecule has 0 radical (unpaired) electrons. The van der Waals surface area contributed by atoms with Crippen LogP contribution in [0.5, 0.6) is 11.5 Å². The number of para-hydroxylation sites is 1. The zero-order valence-corrected chi connectivity index (χ0v) is 16.7. The van der Waals surface area contributed by atoms with E-state index in [1.54, 1.807) is 25.3 Å². The van der Waals surface area contributed by atoms with E-state index in [0.29, 0.717) is 28.9 Å². The molecule has 0 aromatic heterocycles. The van der Waals surface area contributed by atoms with E-state index >= 15 is 0 Å². The Hall–Kier alpha value is -2.26. The van der Waals surface area contributed by atoms with Gasteiger partial charge in [0.05, 0.1) is 12.1 Å². The normalized spacial score (nSPS) is 17.9. The van der Waals surface area contributed by atoms with Crippen molar-refractivity contribution in [1.29, 1.82) is 5.26 Å². The fourth-order valence-electron chi connectivity index (χ4n) is 3.73. The molecule has 0 saturated carbocycles. The second-order valence-electron chi connectivity index (χ2n) is 7.00. The Morgan fingerprint density at radius 2 is 2.04 bits per heavy atom. The lowest BCUT2D eigenvalue weighted by Gasteiger charge is -2.27. The number of ether oxygens (including phenoxy) is 2. The third-order valence-electron chi connectivity index (χ3n) is 5.11. The summed E-state index contributed by atoms with van der Waals surface area (Å²) in [4.78, 5) is 2.31. The SMILES string of the molecule is COc1ccccc1C[C@@H]1CCCN1C[C@@H](O)COc1cccc(Cl)c1C#N. The summed E-state index contributed by atoms with van der Waals surface area (Å²) >= 11 is 6.02. The number of benzene rings is 2. The highest BCUT2D eigenvalue weighted by Crippen LogP contribution is 2.27. The molecule has 3 rings (SSSR count). The van der Waals surface area contributed by atoms with Gasteiger partial charge in [0, 0.05) is 12.6 Å². The van der Waals surface area contributed by atoms with Crippen LogP contribution in [0.1, 0.15) is 24.0 Å². The minimum absolute atomic E-state index is 0.118. The number of hydrogen-bond acceptors (Lipinski definition) is 5. The van der Waals surface area contributed by atoms with Crippen molar-refractivity contribution in [2.75, 3.05) is 26.8 Å². The monoisotopic (exact) mass is 400 g/mol. The molecule has 1 aliphatic heterocycles. The molecule has 1 fully saturated rings. The first-order valence-electron chi connectivity index (χ1n) is 9.47. The topological polar surface area (TPSA) is 65.7 Å². The van der Waals surface area contributed by atoms with Gasteiger partial charge in [0.15, 0.2) is 0 Å². The molecular weight excluding hydrogens is 376 g/mol. The molecule has 6 heteroatoms. The molecule has 0 bridgehead atoms. The number of nitriles is 1. The number of halogens is 1. The average molecular weight is 401 g/mol. The van der Waals surface area contributed by atoms with Crippen molar-refractivity contribution >= 4 is 11.6 Å². The maximum atomic E-state index is 10.5. The molecular formula is C22H25ClN2O3. The predicted octanol–water partition coefficient (Wildman–Crippen LogP) is 3.67. The number of aliphatic hydroxyl groups is 1. The van der Waals surface area contributed by atoms with E-state index in [0.717, 1.165) is 31.6 Å². The standard InChI is InChI=1S/C22H25ClN2O3/c1-27-21-9-3-2-6-16(21)12-17-7-5-11-25(17)14-18(26)15-28-22-10-4-8-20(23)19(22)13-24/h2-4,6,8-10,17-18,26H,5,7,11-12,14-15H2,1H3/t17-,18+/m0/s1. The smallest absolute Gasteiger partial charge is 0.138 e. The van der Waals surface area contributed by atoms with Crippen molar-refractivity contribution in [3.63, 3.8) is 0 Å². The van der Waals surface area contributed by atoms with Crippen molar-refractivity contribution in [1.82, 2.24) is 4.90 Å². The first kappa shape index (κ1) is 20.5. The number of aliphatic hydroxyl groups excluding tert-OH is 1. The van der Waals surface area contributed by atoms with E-state index in [1.165, 1.54) is 5.56 Å². The zero-order valence-electron chi connectivity index (χ0n) is 16.0. The Morgan fingerprint density at radius 1 is 1.25 bits per heavy atom. The fourth-order valence-corrected chi connectivity index (χ4v) is 3.94. The van der Waals surface area contributed by atoms with Crippen LogP contribution in [0.3, 0.4) is 0 Å². The lowest BCUT2D eigenvalue weighted by molar-refractivity contribution is 0.0638. The Kier molecular flexibility index (Phi) is 7.16. The van der Waals surface area contributed by atoms with E-state index in [1.807, 2.05) is 24.3 Å². The van der Waals surface area contributed by atoms with Crippen molar-refractivity contribution in [2.24, 2.45) is 0 Å². The van der Waals surface area contributed by atoms with E-state index in [2.05, 4.69) is 11.0 Å². The number of likely N-dealkylation sites (tertiary alicyclic amines) is 1. The van der Waals surface area contributed by atoms with Crippen molar-refractivity contribution in [2.45, 2.75) is 31.4 Å².